The topological polar surface area (TPSA) is 47.6 Å². The van der Waals surface area contributed by atoms with Gasteiger partial charge in [0.2, 0.25) is 6.10 Å². The summed E-state index contributed by atoms with van der Waals surface area (Å²) in [6, 6.07) is 0. The van der Waals surface area contributed by atoms with Gasteiger partial charge in [-0.15, -0.1) is 0 Å². The molecule has 0 aliphatic carbocycles. The fourth-order valence-corrected chi connectivity index (χ4v) is 0.842. The van der Waals surface area contributed by atoms with Crippen LogP contribution >= 0.6 is 0 Å². The molecule has 4 nitrogen and oxygen atoms in total. The Balaban J connectivity index is 2.27. The molecule has 1 heterocycles. The Bertz CT molecular complexity index is 132. The Labute approximate surface area is 65.9 Å². The van der Waals surface area contributed by atoms with E-state index < -0.39 is 0 Å². The number of ether oxygens (including phenoxy) is 2. The first kappa shape index (κ1) is 8.49. The highest BCUT2D eigenvalue weighted by Gasteiger charge is 2.24. The number of carbonyl (C=O) groups excluding carboxylic acids is 1. The number of nitrogens with one attached hydrogen (secondary N) is 1. The van der Waals surface area contributed by atoms with E-state index in [1.807, 2.05) is 0 Å². The first-order valence-electron chi connectivity index (χ1n) is 3.71. The predicted octanol–water partition coefficient (Wildman–Crippen LogP) is -0.299. The smallest absolute Gasteiger partial charge is 0.343 e. The summed E-state index contributed by atoms with van der Waals surface area (Å²) in [4.78, 5) is 11.0. The van der Waals surface area contributed by atoms with Crippen LogP contribution in [0.4, 0.5) is 0 Å². The van der Waals surface area contributed by atoms with Crippen LogP contribution < -0.4 is 5.32 Å². The van der Waals surface area contributed by atoms with Crippen molar-refractivity contribution in [2.45, 2.75) is 6.92 Å². The van der Waals surface area contributed by atoms with Crippen molar-refractivity contribution in [1.29, 1.82) is 0 Å². The fraction of sp³-hybridized carbons (Fsp3) is 0.714. The monoisotopic (exact) mass is 158 g/mol. The van der Waals surface area contributed by atoms with Gasteiger partial charge in [-0.25, -0.2) is 4.79 Å². The number of hydrogen-bond acceptors (Lipinski definition) is 4. The van der Waals surface area contributed by atoms with E-state index in [9.17, 15) is 4.79 Å². The molecule has 0 unspecified atom stereocenters. The van der Waals surface area contributed by atoms with E-state index >= 15 is 0 Å². The number of carbonyl (C=O) groups is 1. The van der Waals surface area contributed by atoms with Crippen LogP contribution in [0, 0.1) is 6.10 Å². The molecule has 1 N–H and O–H groups in total. The Morgan fingerprint density at radius 3 is 3.18 bits per heavy atom. The van der Waals surface area contributed by atoms with Crippen molar-refractivity contribution in [2.24, 2.45) is 0 Å². The quantitative estimate of drug-likeness (QED) is 0.560. The van der Waals surface area contributed by atoms with Gasteiger partial charge in [-0.05, 0) is 6.92 Å². The first-order valence-corrected chi connectivity index (χ1v) is 3.71. The lowest BCUT2D eigenvalue weighted by atomic mass is 10.3. The van der Waals surface area contributed by atoms with Gasteiger partial charge < -0.3 is 14.8 Å². The van der Waals surface area contributed by atoms with Crippen LogP contribution in [0.5, 0.6) is 0 Å². The molecule has 0 amide bonds. The van der Waals surface area contributed by atoms with Crippen molar-refractivity contribution < 1.29 is 14.3 Å². The van der Waals surface area contributed by atoms with Gasteiger partial charge in [0.1, 0.15) is 0 Å². The summed E-state index contributed by atoms with van der Waals surface area (Å²) in [6.45, 7) is 4.00. The zero-order chi connectivity index (χ0) is 8.10. The second kappa shape index (κ2) is 4.31. The van der Waals surface area contributed by atoms with Gasteiger partial charge in [0.05, 0.1) is 13.2 Å². The van der Waals surface area contributed by atoms with Crippen molar-refractivity contribution in [1.82, 2.24) is 5.32 Å². The third kappa shape index (κ3) is 2.48. The summed E-state index contributed by atoms with van der Waals surface area (Å²) in [5.41, 5.74) is 0. The molecule has 1 rings (SSSR count). The van der Waals surface area contributed by atoms with E-state index in [1.165, 1.54) is 0 Å². The van der Waals surface area contributed by atoms with Crippen molar-refractivity contribution in [3.05, 3.63) is 6.10 Å². The maximum absolute atomic E-state index is 11.0. The fourth-order valence-electron chi connectivity index (χ4n) is 0.842. The van der Waals surface area contributed by atoms with Crippen LogP contribution in [0.15, 0.2) is 0 Å². The highest BCUT2D eigenvalue weighted by atomic mass is 16.6. The van der Waals surface area contributed by atoms with E-state index in [2.05, 4.69) is 5.32 Å². The lowest BCUT2D eigenvalue weighted by Crippen LogP contribution is -2.38. The molecule has 0 aromatic rings. The molecule has 1 fully saturated rings. The van der Waals surface area contributed by atoms with Gasteiger partial charge >= 0.3 is 5.97 Å². The summed E-state index contributed by atoms with van der Waals surface area (Å²) < 4.78 is 9.81. The van der Waals surface area contributed by atoms with Gasteiger partial charge in [0, 0.05) is 13.1 Å². The van der Waals surface area contributed by atoms with Crippen LogP contribution in [0.2, 0.25) is 0 Å². The molecule has 0 aromatic carbocycles. The Hall–Kier alpha value is -0.610. The molecule has 1 aliphatic rings. The highest BCUT2D eigenvalue weighted by Crippen LogP contribution is 2.06. The average molecular weight is 158 g/mol. The molecule has 1 saturated heterocycles. The van der Waals surface area contributed by atoms with Crippen LogP contribution in [0.25, 0.3) is 0 Å². The van der Waals surface area contributed by atoms with Crippen molar-refractivity contribution in [3.8, 4) is 0 Å². The largest absolute Gasteiger partial charge is 0.464 e. The second-order valence-electron chi connectivity index (χ2n) is 2.17. The van der Waals surface area contributed by atoms with Crippen molar-refractivity contribution in [2.75, 3.05) is 26.3 Å². The van der Waals surface area contributed by atoms with Crippen molar-refractivity contribution in [3.63, 3.8) is 0 Å². The highest BCUT2D eigenvalue weighted by molar-refractivity contribution is 5.83. The molecule has 0 saturated carbocycles. The van der Waals surface area contributed by atoms with Crippen LogP contribution in [-0.4, -0.2) is 32.3 Å². The van der Waals surface area contributed by atoms with Crippen LogP contribution in [0.1, 0.15) is 6.92 Å². The Morgan fingerprint density at radius 2 is 2.64 bits per heavy atom. The molecule has 4 heteroatoms. The van der Waals surface area contributed by atoms with E-state index in [0.717, 1.165) is 6.54 Å². The molecular weight excluding hydrogens is 146 g/mol. The molecule has 63 valence electrons. The van der Waals surface area contributed by atoms with E-state index in [0.29, 0.717) is 25.9 Å². The molecule has 0 bridgehead atoms. The zero-order valence-corrected chi connectivity index (χ0v) is 6.55. The molecule has 1 aliphatic heterocycles. The van der Waals surface area contributed by atoms with Crippen molar-refractivity contribution >= 4 is 5.97 Å². The summed E-state index contributed by atoms with van der Waals surface area (Å²) >= 11 is 0. The van der Waals surface area contributed by atoms with Crippen LogP contribution in [0.3, 0.4) is 0 Å². The van der Waals surface area contributed by atoms with E-state index in [-0.39, 0.29) is 5.97 Å². The maximum atomic E-state index is 11.0. The second-order valence-corrected chi connectivity index (χ2v) is 2.17. The Kier molecular flexibility index (Phi) is 3.32. The number of morpholine rings is 1. The minimum Gasteiger partial charge on any atom is -0.464 e. The van der Waals surface area contributed by atoms with E-state index in [1.54, 1.807) is 6.92 Å². The number of esters is 1. The first-order chi connectivity index (χ1) is 5.34. The molecule has 0 spiro atoms. The summed E-state index contributed by atoms with van der Waals surface area (Å²) in [5.74, 6) is -0.347. The van der Waals surface area contributed by atoms with Gasteiger partial charge in [-0.3, -0.25) is 0 Å². The van der Waals surface area contributed by atoms with E-state index in [4.69, 9.17) is 9.47 Å². The molecule has 0 atom stereocenters. The third-order valence-electron chi connectivity index (χ3n) is 1.34. The average Bonchev–Trinajstić information content (AvgIpc) is 2.07. The van der Waals surface area contributed by atoms with Gasteiger partial charge in [0.25, 0.3) is 0 Å². The summed E-state index contributed by atoms with van der Waals surface area (Å²) in [5, 5.41) is 3.01. The SMILES string of the molecule is CCOC(=O)[C]1CNCCO1. The molecule has 1 radical (unpaired) electrons. The van der Waals surface area contributed by atoms with Gasteiger partial charge in [-0.2, -0.15) is 0 Å². The third-order valence-corrected chi connectivity index (χ3v) is 1.34. The Morgan fingerprint density at radius 1 is 1.82 bits per heavy atom. The maximum Gasteiger partial charge on any atom is 0.343 e. The summed E-state index contributed by atoms with van der Waals surface area (Å²) in [6.07, 6.45) is 0.387. The molecule has 0 aromatic heterocycles. The van der Waals surface area contributed by atoms with Gasteiger partial charge in [0.15, 0.2) is 0 Å². The minimum atomic E-state index is -0.347. The normalized spacial score (nSPS) is 19.7. The predicted molar refractivity (Wildman–Crippen MR) is 38.7 cm³/mol. The number of rotatable bonds is 2. The standard InChI is InChI=1S/C7H12NO3/c1-2-10-7(9)6-5-8-3-4-11-6/h8H,2-5H2,1H3. The van der Waals surface area contributed by atoms with Crippen LogP contribution in [-0.2, 0) is 14.3 Å². The summed E-state index contributed by atoms with van der Waals surface area (Å²) in [7, 11) is 0. The zero-order valence-electron chi connectivity index (χ0n) is 6.55. The number of hydrogen-bond donors (Lipinski definition) is 1. The molecular formula is C7H12NO3. The molecule has 11 heavy (non-hydrogen) atoms. The minimum absolute atomic E-state index is 0.347. The van der Waals surface area contributed by atoms with Gasteiger partial charge in [-0.1, -0.05) is 0 Å². The lowest BCUT2D eigenvalue weighted by Gasteiger charge is -2.20. The lowest BCUT2D eigenvalue weighted by molar-refractivity contribution is -0.148.